The van der Waals surface area contributed by atoms with Crippen LogP contribution in [0.2, 0.25) is 0 Å². The molecule has 0 amide bonds. The minimum atomic E-state index is 0.167. The standard InChI is InChI=1S/C12H12N2O/c13-9-4-1-3-8(7-9)12-10(14)5-2-6-11(12)15/h1-7,15H,13-14H2. The SMILES string of the molecule is Nc1cccc(-c2c(N)cccc2O)c1. The van der Waals surface area contributed by atoms with E-state index < -0.39 is 0 Å². The summed E-state index contributed by atoms with van der Waals surface area (Å²) in [5.41, 5.74) is 14.1. The largest absolute Gasteiger partial charge is 0.507 e. The molecule has 0 radical (unpaired) electrons. The van der Waals surface area contributed by atoms with Gasteiger partial charge in [0, 0.05) is 16.9 Å². The normalized spacial score (nSPS) is 10.1. The quantitative estimate of drug-likeness (QED) is 0.618. The van der Waals surface area contributed by atoms with Crippen LogP contribution in [0.4, 0.5) is 11.4 Å². The van der Waals surface area contributed by atoms with Crippen LogP contribution in [-0.4, -0.2) is 5.11 Å². The van der Waals surface area contributed by atoms with Crippen molar-refractivity contribution < 1.29 is 5.11 Å². The molecule has 2 aromatic carbocycles. The lowest BCUT2D eigenvalue weighted by molar-refractivity contribution is 0.477. The molecule has 0 spiro atoms. The van der Waals surface area contributed by atoms with E-state index in [0.29, 0.717) is 16.9 Å². The van der Waals surface area contributed by atoms with Gasteiger partial charge in [-0.15, -0.1) is 0 Å². The number of aromatic hydroxyl groups is 1. The topological polar surface area (TPSA) is 72.3 Å². The molecule has 0 atom stereocenters. The molecule has 0 heterocycles. The van der Waals surface area contributed by atoms with Crippen molar-refractivity contribution in [1.29, 1.82) is 0 Å². The number of hydrogen-bond donors (Lipinski definition) is 3. The van der Waals surface area contributed by atoms with E-state index in [9.17, 15) is 5.11 Å². The van der Waals surface area contributed by atoms with Gasteiger partial charge in [0.15, 0.2) is 0 Å². The monoisotopic (exact) mass is 200 g/mol. The van der Waals surface area contributed by atoms with E-state index in [1.165, 1.54) is 0 Å². The Bertz CT molecular complexity index is 474. The Balaban J connectivity index is 2.63. The van der Waals surface area contributed by atoms with Crippen molar-refractivity contribution >= 4 is 11.4 Å². The van der Waals surface area contributed by atoms with Crippen LogP contribution in [0.25, 0.3) is 11.1 Å². The van der Waals surface area contributed by atoms with E-state index in [4.69, 9.17) is 11.5 Å². The molecular formula is C12H12N2O. The lowest BCUT2D eigenvalue weighted by Crippen LogP contribution is -1.91. The highest BCUT2D eigenvalue weighted by Gasteiger charge is 2.07. The average Bonchev–Trinajstić information content (AvgIpc) is 2.17. The Morgan fingerprint density at radius 2 is 1.67 bits per heavy atom. The summed E-state index contributed by atoms with van der Waals surface area (Å²) in [4.78, 5) is 0. The summed E-state index contributed by atoms with van der Waals surface area (Å²) < 4.78 is 0. The Morgan fingerprint density at radius 1 is 0.933 bits per heavy atom. The highest BCUT2D eigenvalue weighted by Crippen LogP contribution is 2.34. The first-order chi connectivity index (χ1) is 7.18. The molecule has 3 nitrogen and oxygen atoms in total. The Morgan fingerprint density at radius 3 is 2.33 bits per heavy atom. The van der Waals surface area contributed by atoms with E-state index in [-0.39, 0.29) is 5.75 Å². The summed E-state index contributed by atoms with van der Waals surface area (Å²) in [5.74, 6) is 0.167. The zero-order valence-electron chi connectivity index (χ0n) is 8.14. The molecule has 0 saturated carbocycles. The van der Waals surface area contributed by atoms with Crippen LogP contribution in [0, 0.1) is 0 Å². The van der Waals surface area contributed by atoms with Crippen LogP contribution in [0.5, 0.6) is 5.75 Å². The number of phenols is 1. The molecule has 15 heavy (non-hydrogen) atoms. The van der Waals surface area contributed by atoms with Crippen molar-refractivity contribution in [3.05, 3.63) is 42.5 Å². The van der Waals surface area contributed by atoms with Crippen LogP contribution >= 0.6 is 0 Å². The number of nitrogen functional groups attached to an aromatic ring is 2. The Kier molecular flexibility index (Phi) is 2.21. The molecule has 0 fully saturated rings. The average molecular weight is 200 g/mol. The van der Waals surface area contributed by atoms with Gasteiger partial charge in [-0.2, -0.15) is 0 Å². The zero-order chi connectivity index (χ0) is 10.8. The number of rotatable bonds is 1. The van der Waals surface area contributed by atoms with Gasteiger partial charge in [-0.05, 0) is 29.8 Å². The summed E-state index contributed by atoms with van der Waals surface area (Å²) in [5, 5.41) is 9.71. The number of hydrogen-bond acceptors (Lipinski definition) is 3. The first-order valence-electron chi connectivity index (χ1n) is 4.62. The summed E-state index contributed by atoms with van der Waals surface area (Å²) >= 11 is 0. The molecule has 2 aromatic rings. The maximum absolute atomic E-state index is 9.71. The molecular weight excluding hydrogens is 188 g/mol. The smallest absolute Gasteiger partial charge is 0.125 e. The van der Waals surface area contributed by atoms with Gasteiger partial charge < -0.3 is 16.6 Å². The first-order valence-corrected chi connectivity index (χ1v) is 4.62. The fourth-order valence-corrected chi connectivity index (χ4v) is 1.57. The lowest BCUT2D eigenvalue weighted by Gasteiger charge is -2.08. The maximum Gasteiger partial charge on any atom is 0.125 e. The van der Waals surface area contributed by atoms with Gasteiger partial charge in [-0.25, -0.2) is 0 Å². The van der Waals surface area contributed by atoms with Crippen molar-refractivity contribution in [2.24, 2.45) is 0 Å². The van der Waals surface area contributed by atoms with Crippen molar-refractivity contribution in [2.75, 3.05) is 11.5 Å². The van der Waals surface area contributed by atoms with E-state index in [1.54, 1.807) is 30.3 Å². The minimum absolute atomic E-state index is 0.167. The van der Waals surface area contributed by atoms with Crippen LogP contribution < -0.4 is 11.5 Å². The third-order valence-corrected chi connectivity index (χ3v) is 2.25. The summed E-state index contributed by atoms with van der Waals surface area (Å²) in [6.45, 7) is 0. The van der Waals surface area contributed by atoms with E-state index in [2.05, 4.69) is 0 Å². The second kappa shape index (κ2) is 3.53. The highest BCUT2D eigenvalue weighted by molar-refractivity contribution is 5.82. The van der Waals surface area contributed by atoms with Crippen molar-refractivity contribution in [3.8, 4) is 16.9 Å². The summed E-state index contributed by atoms with van der Waals surface area (Å²) in [6.07, 6.45) is 0. The third kappa shape index (κ3) is 1.72. The molecule has 0 aliphatic carbocycles. The van der Waals surface area contributed by atoms with Crippen molar-refractivity contribution in [1.82, 2.24) is 0 Å². The molecule has 5 N–H and O–H groups in total. The number of anilines is 2. The second-order valence-electron chi connectivity index (χ2n) is 3.37. The summed E-state index contributed by atoms with van der Waals surface area (Å²) in [6, 6.07) is 12.3. The lowest BCUT2D eigenvalue weighted by atomic mass is 10.0. The predicted octanol–water partition coefficient (Wildman–Crippen LogP) is 2.22. The first kappa shape index (κ1) is 9.40. The molecule has 0 saturated heterocycles. The van der Waals surface area contributed by atoms with E-state index >= 15 is 0 Å². The molecule has 2 rings (SSSR count). The number of phenolic OH excluding ortho intramolecular Hbond substituents is 1. The van der Waals surface area contributed by atoms with E-state index in [1.807, 2.05) is 12.1 Å². The minimum Gasteiger partial charge on any atom is -0.507 e. The summed E-state index contributed by atoms with van der Waals surface area (Å²) in [7, 11) is 0. The van der Waals surface area contributed by atoms with Crippen LogP contribution in [0.3, 0.4) is 0 Å². The maximum atomic E-state index is 9.71. The molecule has 0 unspecified atom stereocenters. The molecule has 76 valence electrons. The third-order valence-electron chi connectivity index (χ3n) is 2.25. The van der Waals surface area contributed by atoms with Crippen LogP contribution in [0.15, 0.2) is 42.5 Å². The second-order valence-corrected chi connectivity index (χ2v) is 3.37. The van der Waals surface area contributed by atoms with Crippen molar-refractivity contribution in [2.45, 2.75) is 0 Å². The van der Waals surface area contributed by atoms with Gasteiger partial charge >= 0.3 is 0 Å². The number of benzene rings is 2. The fourth-order valence-electron chi connectivity index (χ4n) is 1.57. The molecule has 0 aromatic heterocycles. The Labute approximate surface area is 88.0 Å². The molecule has 0 aliphatic heterocycles. The van der Waals surface area contributed by atoms with Gasteiger partial charge in [0.05, 0.1) is 0 Å². The predicted molar refractivity (Wildman–Crippen MR) is 62.4 cm³/mol. The molecule has 0 bridgehead atoms. The van der Waals surface area contributed by atoms with Crippen LogP contribution in [-0.2, 0) is 0 Å². The van der Waals surface area contributed by atoms with Crippen molar-refractivity contribution in [3.63, 3.8) is 0 Å². The van der Waals surface area contributed by atoms with Gasteiger partial charge in [0.25, 0.3) is 0 Å². The number of nitrogens with two attached hydrogens (primary N) is 2. The van der Waals surface area contributed by atoms with Gasteiger partial charge in [-0.1, -0.05) is 18.2 Å². The van der Waals surface area contributed by atoms with Gasteiger partial charge in [0.2, 0.25) is 0 Å². The Hall–Kier alpha value is -2.16. The van der Waals surface area contributed by atoms with Gasteiger partial charge in [-0.3, -0.25) is 0 Å². The molecule has 3 heteroatoms. The molecule has 0 aliphatic rings. The highest BCUT2D eigenvalue weighted by atomic mass is 16.3. The van der Waals surface area contributed by atoms with E-state index in [0.717, 1.165) is 5.56 Å². The zero-order valence-corrected chi connectivity index (χ0v) is 8.14. The van der Waals surface area contributed by atoms with Crippen LogP contribution in [0.1, 0.15) is 0 Å². The fraction of sp³-hybridized carbons (Fsp3) is 0. The van der Waals surface area contributed by atoms with Gasteiger partial charge in [0.1, 0.15) is 5.75 Å².